The highest BCUT2D eigenvalue weighted by molar-refractivity contribution is 7.89. The molecule has 2 rings (SSSR count). The van der Waals surface area contributed by atoms with Crippen LogP contribution in [0.4, 0.5) is 0 Å². The summed E-state index contributed by atoms with van der Waals surface area (Å²) in [5.74, 6) is -1.72. The van der Waals surface area contributed by atoms with Gasteiger partial charge in [-0.15, -0.1) is 0 Å². The van der Waals surface area contributed by atoms with Gasteiger partial charge < -0.3 is 10.4 Å². The number of benzene rings is 1. The van der Waals surface area contributed by atoms with E-state index in [1.165, 1.54) is 35.5 Å². The molecule has 1 heterocycles. The lowest BCUT2D eigenvalue weighted by Crippen LogP contribution is -2.52. The first-order valence-corrected chi connectivity index (χ1v) is 10.8. The van der Waals surface area contributed by atoms with Crippen molar-refractivity contribution in [3.05, 3.63) is 29.8 Å². The number of carbonyl (C=O) groups is 2. The fraction of sp³-hybridized carbons (Fsp3) is 0.579. The lowest BCUT2D eigenvalue weighted by Gasteiger charge is -2.26. The summed E-state index contributed by atoms with van der Waals surface area (Å²) in [6, 6.07) is 5.80. The predicted octanol–water partition coefficient (Wildman–Crippen LogP) is 2.62. The van der Waals surface area contributed by atoms with Crippen molar-refractivity contribution in [1.29, 1.82) is 0 Å². The molecule has 150 valence electrons. The molecule has 0 radical (unpaired) electrons. The fourth-order valence-corrected chi connectivity index (χ4v) is 4.84. The molecule has 0 spiro atoms. The molecule has 2 N–H and O–H groups in total. The van der Waals surface area contributed by atoms with Gasteiger partial charge in [0.05, 0.1) is 4.90 Å². The van der Waals surface area contributed by atoms with Gasteiger partial charge in [0.25, 0.3) is 5.91 Å². The van der Waals surface area contributed by atoms with Crippen LogP contribution in [-0.4, -0.2) is 48.3 Å². The van der Waals surface area contributed by atoms with Crippen molar-refractivity contribution >= 4 is 21.9 Å². The summed E-state index contributed by atoms with van der Waals surface area (Å²) in [6.07, 6.45) is 4.55. The number of amides is 1. The SMILES string of the molecule is CCCC(C)(NC(=O)c1cccc(S(=O)(=O)N2CCCCCC2)c1)C(=O)O. The van der Waals surface area contributed by atoms with Crippen LogP contribution in [0.3, 0.4) is 0 Å². The Balaban J connectivity index is 2.26. The molecule has 0 bridgehead atoms. The third kappa shape index (κ3) is 5.07. The van der Waals surface area contributed by atoms with Gasteiger partial charge in [-0.25, -0.2) is 13.2 Å². The van der Waals surface area contributed by atoms with E-state index < -0.39 is 27.4 Å². The van der Waals surface area contributed by atoms with Gasteiger partial charge in [-0.2, -0.15) is 4.31 Å². The number of rotatable bonds is 7. The van der Waals surface area contributed by atoms with E-state index in [2.05, 4.69) is 5.32 Å². The second-order valence-electron chi connectivity index (χ2n) is 7.19. The monoisotopic (exact) mass is 396 g/mol. The lowest BCUT2D eigenvalue weighted by molar-refractivity contribution is -0.144. The summed E-state index contributed by atoms with van der Waals surface area (Å²) in [5.41, 5.74) is -1.26. The van der Waals surface area contributed by atoms with Gasteiger partial charge in [-0.1, -0.05) is 32.3 Å². The van der Waals surface area contributed by atoms with Crippen LogP contribution in [-0.2, 0) is 14.8 Å². The minimum absolute atomic E-state index is 0.0598. The maximum Gasteiger partial charge on any atom is 0.329 e. The number of aliphatic carboxylic acids is 1. The smallest absolute Gasteiger partial charge is 0.329 e. The molecule has 1 atom stereocenters. The molecule has 1 aliphatic rings. The number of hydrogen-bond acceptors (Lipinski definition) is 4. The zero-order valence-electron chi connectivity index (χ0n) is 15.9. The van der Waals surface area contributed by atoms with Crippen LogP contribution in [0.1, 0.15) is 62.7 Å². The number of carboxylic acid groups (broad SMARTS) is 1. The van der Waals surface area contributed by atoms with Crippen LogP contribution in [0.25, 0.3) is 0 Å². The maximum absolute atomic E-state index is 12.9. The summed E-state index contributed by atoms with van der Waals surface area (Å²) in [5, 5.41) is 12.0. The second-order valence-corrected chi connectivity index (χ2v) is 9.13. The molecule has 27 heavy (non-hydrogen) atoms. The molecular weight excluding hydrogens is 368 g/mol. The molecule has 1 aromatic carbocycles. The molecule has 1 fully saturated rings. The van der Waals surface area contributed by atoms with Crippen molar-refractivity contribution in [1.82, 2.24) is 9.62 Å². The minimum atomic E-state index is -3.67. The van der Waals surface area contributed by atoms with Crippen LogP contribution >= 0.6 is 0 Å². The van der Waals surface area contributed by atoms with E-state index >= 15 is 0 Å². The Morgan fingerprint density at radius 3 is 2.37 bits per heavy atom. The largest absolute Gasteiger partial charge is 0.480 e. The number of carbonyl (C=O) groups excluding carboxylic acids is 1. The molecule has 1 aromatic rings. The quantitative estimate of drug-likeness (QED) is 0.737. The maximum atomic E-state index is 12.9. The molecule has 1 amide bonds. The molecule has 1 aliphatic heterocycles. The Kier molecular flexibility index (Phi) is 7.00. The standard InChI is InChI=1S/C19H28N2O5S/c1-3-11-19(2,18(23)24)20-17(22)15-9-8-10-16(14-15)27(25,26)21-12-6-4-5-7-13-21/h8-10,14H,3-7,11-13H2,1-2H3,(H,20,22)(H,23,24). The van der Waals surface area contributed by atoms with Crippen molar-refractivity contribution < 1.29 is 23.1 Å². The van der Waals surface area contributed by atoms with E-state index in [4.69, 9.17) is 0 Å². The highest BCUT2D eigenvalue weighted by atomic mass is 32.2. The molecule has 1 unspecified atom stereocenters. The third-order valence-corrected chi connectivity index (χ3v) is 6.81. The first-order valence-electron chi connectivity index (χ1n) is 9.37. The van der Waals surface area contributed by atoms with E-state index in [9.17, 15) is 23.1 Å². The predicted molar refractivity (Wildman–Crippen MR) is 102 cm³/mol. The van der Waals surface area contributed by atoms with E-state index in [0.717, 1.165) is 25.7 Å². The van der Waals surface area contributed by atoms with Gasteiger partial charge in [-0.05, 0) is 44.4 Å². The highest BCUT2D eigenvalue weighted by Gasteiger charge is 2.34. The topological polar surface area (TPSA) is 104 Å². The number of sulfonamides is 1. The summed E-state index contributed by atoms with van der Waals surface area (Å²) in [4.78, 5) is 24.2. The van der Waals surface area contributed by atoms with Crippen LogP contribution in [0, 0.1) is 0 Å². The van der Waals surface area contributed by atoms with Gasteiger partial charge in [0.15, 0.2) is 0 Å². The third-order valence-electron chi connectivity index (χ3n) is 4.91. The lowest BCUT2D eigenvalue weighted by atomic mass is 9.96. The van der Waals surface area contributed by atoms with E-state index in [1.807, 2.05) is 6.92 Å². The molecule has 7 nitrogen and oxygen atoms in total. The average molecular weight is 397 g/mol. The van der Waals surface area contributed by atoms with Gasteiger partial charge in [0.2, 0.25) is 10.0 Å². The van der Waals surface area contributed by atoms with Gasteiger partial charge >= 0.3 is 5.97 Å². The van der Waals surface area contributed by atoms with Crippen LogP contribution in [0.5, 0.6) is 0 Å². The molecule has 1 saturated heterocycles. The summed E-state index contributed by atoms with van der Waals surface area (Å²) < 4.78 is 27.3. The average Bonchev–Trinajstić information content (AvgIpc) is 2.92. The van der Waals surface area contributed by atoms with Crippen molar-refractivity contribution in [3.8, 4) is 0 Å². The van der Waals surface area contributed by atoms with Crippen molar-refractivity contribution in [3.63, 3.8) is 0 Å². The number of hydrogen-bond donors (Lipinski definition) is 2. The Morgan fingerprint density at radius 1 is 1.19 bits per heavy atom. The summed E-state index contributed by atoms with van der Waals surface area (Å²) in [7, 11) is -3.67. The van der Waals surface area contributed by atoms with Gasteiger partial charge in [0.1, 0.15) is 5.54 Å². The molecule has 0 saturated carbocycles. The Bertz CT molecular complexity index is 785. The van der Waals surface area contributed by atoms with E-state index in [-0.39, 0.29) is 16.9 Å². The van der Waals surface area contributed by atoms with E-state index in [1.54, 1.807) is 0 Å². The molecule has 8 heteroatoms. The Morgan fingerprint density at radius 2 is 1.81 bits per heavy atom. The van der Waals surface area contributed by atoms with Gasteiger partial charge in [0, 0.05) is 18.7 Å². The van der Waals surface area contributed by atoms with Crippen LogP contribution in [0.15, 0.2) is 29.2 Å². The Hall–Kier alpha value is -1.93. The number of nitrogens with zero attached hydrogens (tertiary/aromatic N) is 1. The van der Waals surface area contributed by atoms with Crippen molar-refractivity contribution in [2.45, 2.75) is 62.8 Å². The van der Waals surface area contributed by atoms with Gasteiger partial charge in [-0.3, -0.25) is 4.79 Å². The zero-order valence-corrected chi connectivity index (χ0v) is 16.7. The number of carboxylic acids is 1. The van der Waals surface area contributed by atoms with Crippen LogP contribution in [0.2, 0.25) is 0 Å². The normalized spacial score (nSPS) is 18.3. The first kappa shape index (κ1) is 21.4. The van der Waals surface area contributed by atoms with E-state index in [0.29, 0.717) is 19.5 Å². The number of nitrogens with one attached hydrogen (secondary N) is 1. The zero-order chi connectivity index (χ0) is 20.1. The molecular formula is C19H28N2O5S. The summed E-state index contributed by atoms with van der Waals surface area (Å²) in [6.45, 7) is 4.25. The first-order chi connectivity index (χ1) is 12.7. The van der Waals surface area contributed by atoms with Crippen molar-refractivity contribution in [2.75, 3.05) is 13.1 Å². The Labute approximate surface area is 160 Å². The van der Waals surface area contributed by atoms with Crippen molar-refractivity contribution in [2.24, 2.45) is 0 Å². The highest BCUT2D eigenvalue weighted by Crippen LogP contribution is 2.22. The van der Waals surface area contributed by atoms with Crippen LogP contribution < -0.4 is 5.32 Å². The fourth-order valence-electron chi connectivity index (χ4n) is 3.27. The molecule has 0 aromatic heterocycles. The molecule has 0 aliphatic carbocycles. The summed E-state index contributed by atoms with van der Waals surface area (Å²) >= 11 is 0. The second kappa shape index (κ2) is 8.84. The minimum Gasteiger partial charge on any atom is -0.480 e.